The van der Waals surface area contributed by atoms with Crippen LogP contribution in [0.2, 0.25) is 0 Å². The topological polar surface area (TPSA) is 310 Å². The second-order valence-corrected chi connectivity index (χ2v) is 18.9. The number of nitrogens with zero attached hydrogens (tertiary/aromatic N) is 2. The highest BCUT2D eigenvalue weighted by molar-refractivity contribution is 5.99. The Bertz CT molecular complexity index is 2190. The van der Waals surface area contributed by atoms with Crippen LogP contribution in [0.3, 0.4) is 0 Å². The van der Waals surface area contributed by atoms with Gasteiger partial charge in [0.25, 0.3) is 0 Å². The van der Waals surface area contributed by atoms with Gasteiger partial charge in [0.05, 0.1) is 6.42 Å². The fraction of sp³-hybridized carbons (Fsp3) is 0.571. The number of carboxylic acids is 1. The van der Waals surface area contributed by atoms with Crippen LogP contribution < -0.4 is 26.6 Å². The van der Waals surface area contributed by atoms with Gasteiger partial charge in [-0.1, -0.05) is 90.4 Å². The molecule has 0 aliphatic carbocycles. The summed E-state index contributed by atoms with van der Waals surface area (Å²) < 4.78 is 5.82. The van der Waals surface area contributed by atoms with Crippen LogP contribution in [0.1, 0.15) is 91.7 Å². The first-order valence-electron chi connectivity index (χ1n) is 23.6. The molecule has 11 atom stereocenters. The van der Waals surface area contributed by atoms with Gasteiger partial charge in [0, 0.05) is 19.9 Å². The van der Waals surface area contributed by atoms with E-state index >= 15 is 0 Å². The van der Waals surface area contributed by atoms with E-state index in [1.165, 1.54) is 43.1 Å². The molecule has 384 valence electrons. The van der Waals surface area contributed by atoms with Gasteiger partial charge < -0.3 is 61.5 Å². The minimum absolute atomic E-state index is 0.0285. The summed E-state index contributed by atoms with van der Waals surface area (Å²) >= 11 is 0. The molecule has 2 aliphatic heterocycles. The summed E-state index contributed by atoms with van der Waals surface area (Å²) in [4.78, 5) is 128. The first-order chi connectivity index (χ1) is 32.9. The largest absolute Gasteiger partial charge is 0.508 e. The van der Waals surface area contributed by atoms with Crippen molar-refractivity contribution < 1.29 is 68.3 Å². The molecule has 2 aromatic rings. The van der Waals surface area contributed by atoms with Crippen LogP contribution in [-0.2, 0) is 60.7 Å². The molecule has 70 heavy (non-hydrogen) atoms. The van der Waals surface area contributed by atoms with Crippen LogP contribution in [-0.4, -0.2) is 151 Å². The van der Waals surface area contributed by atoms with E-state index in [0.717, 1.165) is 4.90 Å². The van der Waals surface area contributed by atoms with Crippen LogP contribution in [0.25, 0.3) is 0 Å². The van der Waals surface area contributed by atoms with Gasteiger partial charge in [-0.3, -0.25) is 38.4 Å². The second-order valence-electron chi connectivity index (χ2n) is 18.9. The fourth-order valence-corrected chi connectivity index (χ4v) is 8.38. The fourth-order valence-electron chi connectivity index (χ4n) is 8.38. The average Bonchev–Trinajstić information content (AvgIpc) is 3.30. The Hall–Kier alpha value is -6.61. The van der Waals surface area contributed by atoms with Crippen molar-refractivity contribution in [3.05, 3.63) is 65.7 Å². The van der Waals surface area contributed by atoms with Crippen molar-refractivity contribution in [2.24, 2.45) is 17.8 Å². The van der Waals surface area contributed by atoms with Crippen LogP contribution in [0.15, 0.2) is 54.6 Å². The third kappa shape index (κ3) is 14.9. The standard InChI is InChI=1S/C49H69N7O14/c1-9-27(6)41-48(68)55(8)35(22-29-13-11-10-12-14-29)44(64)53-39(26(4)5)49(69)70-28(7)40(46(66)52-33(21-25(2)3)42(62)50-32-19-20-37(59)56(41)47(32)67)54-43(63)34(24-38(60)61)51-45(65)36(58)23-30-15-17-31(57)18-16-30/h10-18,25-28,32-37,39-41,57-59H,9,19-24H2,1-8H3,(H,50,62)(H,51,65)(H,52,66)(H,53,64)(H,54,63)(H,60,61)/t27-,28+,32-,33-,34-,35?,36-,37+,39?,40?,41-/m0/s1. The van der Waals surface area contributed by atoms with Gasteiger partial charge in [-0.2, -0.15) is 0 Å². The number of amides is 7. The lowest BCUT2D eigenvalue weighted by atomic mass is 9.91. The molecule has 0 radical (unpaired) electrons. The number of aliphatic hydroxyl groups is 2. The Kier molecular flexibility index (Phi) is 20.2. The first kappa shape index (κ1) is 56.0. The van der Waals surface area contributed by atoms with Crippen molar-refractivity contribution in [2.75, 3.05) is 7.05 Å². The van der Waals surface area contributed by atoms with Crippen LogP contribution >= 0.6 is 0 Å². The molecule has 2 saturated heterocycles. The predicted octanol–water partition coefficient (Wildman–Crippen LogP) is 0.267. The predicted molar refractivity (Wildman–Crippen MR) is 252 cm³/mol. The number of carboxylic acid groups (broad SMARTS) is 1. The number of rotatable bonds is 15. The molecule has 2 fully saturated rings. The third-order valence-electron chi connectivity index (χ3n) is 12.6. The molecule has 2 aromatic carbocycles. The number of carbonyl (C=O) groups is 9. The Balaban J connectivity index is 1.81. The summed E-state index contributed by atoms with van der Waals surface area (Å²) in [6.07, 6.45) is -6.04. The number of hydrogen-bond acceptors (Lipinski definition) is 13. The van der Waals surface area contributed by atoms with E-state index in [-0.39, 0.29) is 43.8 Å². The number of cyclic esters (lactones) is 1. The average molecular weight is 980 g/mol. The van der Waals surface area contributed by atoms with Crippen molar-refractivity contribution in [2.45, 2.75) is 154 Å². The van der Waals surface area contributed by atoms with E-state index in [4.69, 9.17) is 4.74 Å². The number of piperidine rings is 1. The van der Waals surface area contributed by atoms with E-state index in [1.54, 1.807) is 71.9 Å². The van der Waals surface area contributed by atoms with E-state index in [9.17, 15) is 63.6 Å². The minimum Gasteiger partial charge on any atom is -0.508 e. The van der Waals surface area contributed by atoms with E-state index in [2.05, 4.69) is 26.6 Å². The molecule has 0 aromatic heterocycles. The summed E-state index contributed by atoms with van der Waals surface area (Å²) in [6, 6.07) is 3.68. The summed E-state index contributed by atoms with van der Waals surface area (Å²) in [5.74, 6) is -10.9. The summed E-state index contributed by atoms with van der Waals surface area (Å²) in [5, 5.41) is 54.0. The SMILES string of the molecule is CC[C@H](C)[C@H]1C(=O)N(C)C(Cc2ccccc2)C(=O)NC(C(C)C)C(=O)O[C@H](C)C(NC(=O)[C@H](CC(=O)O)NC(=O)[C@@H](O)Cc2ccc(O)cc2)C(=O)N[C@@H](CC(C)C)C(=O)N[C@H]2CC[C@@H](O)N1C2=O. The molecule has 9 N–H and O–H groups in total. The van der Waals surface area contributed by atoms with Crippen molar-refractivity contribution in [1.82, 2.24) is 36.4 Å². The maximum atomic E-state index is 14.8. The molecule has 4 rings (SSSR count). The van der Waals surface area contributed by atoms with Crippen LogP contribution in [0.4, 0.5) is 0 Å². The minimum atomic E-state index is -1.92. The highest BCUT2D eigenvalue weighted by Crippen LogP contribution is 2.28. The Morgan fingerprint density at radius 1 is 0.829 bits per heavy atom. The third-order valence-corrected chi connectivity index (χ3v) is 12.6. The monoisotopic (exact) mass is 979 g/mol. The zero-order chi connectivity index (χ0) is 52.1. The Morgan fingerprint density at radius 2 is 1.47 bits per heavy atom. The number of aliphatic carboxylic acids is 1. The summed E-state index contributed by atoms with van der Waals surface area (Å²) in [7, 11) is 1.38. The number of hydrogen-bond donors (Lipinski definition) is 9. The first-order valence-corrected chi connectivity index (χ1v) is 23.6. The maximum Gasteiger partial charge on any atom is 0.329 e. The maximum absolute atomic E-state index is 14.8. The molecule has 2 bridgehead atoms. The molecular formula is C49H69N7O14. The van der Waals surface area contributed by atoms with Crippen molar-refractivity contribution in [1.29, 1.82) is 0 Å². The van der Waals surface area contributed by atoms with Gasteiger partial charge in [-0.05, 0) is 67.2 Å². The highest BCUT2D eigenvalue weighted by atomic mass is 16.5. The van der Waals surface area contributed by atoms with Gasteiger partial charge in [-0.15, -0.1) is 0 Å². The molecular weight excluding hydrogens is 911 g/mol. The van der Waals surface area contributed by atoms with Crippen molar-refractivity contribution in [3.63, 3.8) is 0 Å². The number of carbonyl (C=O) groups excluding carboxylic acids is 8. The number of esters is 1. The number of benzene rings is 2. The number of likely N-dealkylation sites (N-methyl/N-ethyl adjacent to an activating group) is 1. The van der Waals surface area contributed by atoms with Gasteiger partial charge >= 0.3 is 11.9 Å². The molecule has 0 saturated carbocycles. The second kappa shape index (κ2) is 25.3. The molecule has 3 unspecified atom stereocenters. The molecule has 2 heterocycles. The molecule has 21 heteroatoms. The molecule has 21 nitrogen and oxygen atoms in total. The number of phenols is 1. The van der Waals surface area contributed by atoms with E-state index in [1.807, 2.05) is 0 Å². The number of phenolic OH excluding ortho intramolecular Hbond substituents is 1. The van der Waals surface area contributed by atoms with Crippen LogP contribution in [0.5, 0.6) is 5.75 Å². The van der Waals surface area contributed by atoms with Gasteiger partial charge in [-0.25, -0.2) is 4.79 Å². The van der Waals surface area contributed by atoms with Gasteiger partial charge in [0.1, 0.15) is 66.5 Å². The van der Waals surface area contributed by atoms with Crippen molar-refractivity contribution in [3.8, 4) is 5.75 Å². The number of aliphatic hydroxyl groups excluding tert-OH is 2. The normalized spacial score (nSPS) is 25.5. The number of aromatic hydroxyl groups is 1. The lowest BCUT2D eigenvalue weighted by molar-refractivity contribution is -0.168. The van der Waals surface area contributed by atoms with Gasteiger partial charge in [0.15, 0.2) is 0 Å². The van der Waals surface area contributed by atoms with Crippen LogP contribution in [0, 0.1) is 17.8 Å². The zero-order valence-corrected chi connectivity index (χ0v) is 40.9. The molecule has 0 spiro atoms. The van der Waals surface area contributed by atoms with Crippen molar-refractivity contribution >= 4 is 53.3 Å². The molecule has 2 aliphatic rings. The summed E-state index contributed by atoms with van der Waals surface area (Å²) in [5.41, 5.74) is 1.06. The number of ether oxygens (including phenoxy) is 1. The number of fused-ring (bicyclic) bond motifs is 2. The van der Waals surface area contributed by atoms with E-state index in [0.29, 0.717) is 17.5 Å². The quantitative estimate of drug-likeness (QED) is 0.108. The van der Waals surface area contributed by atoms with Gasteiger partial charge in [0.2, 0.25) is 41.4 Å². The highest BCUT2D eigenvalue weighted by Gasteiger charge is 2.47. The smallest absolute Gasteiger partial charge is 0.329 e. The lowest BCUT2D eigenvalue weighted by Crippen LogP contribution is -2.66. The lowest BCUT2D eigenvalue weighted by Gasteiger charge is -2.44. The summed E-state index contributed by atoms with van der Waals surface area (Å²) in [6.45, 7) is 11.4. The van der Waals surface area contributed by atoms with E-state index < -0.39 is 132 Å². The number of nitrogens with one attached hydrogen (secondary N) is 5. The Labute approximate surface area is 407 Å². The molecule has 7 amide bonds. The zero-order valence-electron chi connectivity index (χ0n) is 40.9. The Morgan fingerprint density at radius 3 is 2.06 bits per heavy atom.